The fourth-order valence-electron chi connectivity index (χ4n) is 3.27. The number of para-hydroxylation sites is 1. The molecule has 0 amide bonds. The number of nitrogens with zero attached hydrogens (tertiary/aromatic N) is 3. The minimum absolute atomic E-state index is 0. The lowest BCUT2D eigenvalue weighted by molar-refractivity contribution is 0.145. The number of hydrogen-bond acceptors (Lipinski definition) is 4. The van der Waals surface area contributed by atoms with E-state index in [4.69, 9.17) is 9.73 Å². The van der Waals surface area contributed by atoms with E-state index in [1.54, 1.807) is 0 Å². The van der Waals surface area contributed by atoms with Crippen LogP contribution in [0.2, 0.25) is 0 Å². The third kappa shape index (κ3) is 8.96. The molecule has 2 rings (SSSR count). The van der Waals surface area contributed by atoms with Gasteiger partial charge in [-0.05, 0) is 39.3 Å². The molecule has 0 spiro atoms. The van der Waals surface area contributed by atoms with Gasteiger partial charge in [0.25, 0.3) is 0 Å². The molecule has 0 bridgehead atoms. The van der Waals surface area contributed by atoms with Gasteiger partial charge in [-0.25, -0.2) is 0 Å². The summed E-state index contributed by atoms with van der Waals surface area (Å²) < 4.78 is 5.38. The van der Waals surface area contributed by atoms with Crippen molar-refractivity contribution >= 4 is 35.6 Å². The van der Waals surface area contributed by atoms with Crippen LogP contribution in [-0.2, 0) is 4.74 Å². The van der Waals surface area contributed by atoms with Gasteiger partial charge in [0.1, 0.15) is 0 Å². The van der Waals surface area contributed by atoms with Gasteiger partial charge >= 0.3 is 0 Å². The first kappa shape index (κ1) is 25.0. The molecule has 0 saturated carbocycles. The molecule has 7 heteroatoms. The highest BCUT2D eigenvalue weighted by Gasteiger charge is 2.21. The predicted octanol–water partition coefficient (Wildman–Crippen LogP) is 2.80. The molecule has 2 N–H and O–H groups in total. The third-order valence-corrected chi connectivity index (χ3v) is 4.88. The first-order valence-corrected chi connectivity index (χ1v) is 10.4. The fraction of sp³-hybridized carbons (Fsp3) is 0.667. The standard InChI is InChI=1S/C21H37N5O.HI/c1-4-22-21(23-12-9-17-27-5-2)24-18-19(3)25-13-15-26(16-14-25)20-10-7-6-8-11-20;/h6-8,10-11,19H,4-5,9,12-18H2,1-3H3,(H2,22,23,24);1H. The quantitative estimate of drug-likeness (QED) is 0.223. The van der Waals surface area contributed by atoms with E-state index in [2.05, 4.69) is 64.6 Å². The normalized spacial score (nSPS) is 16.4. The van der Waals surface area contributed by atoms with Gasteiger partial charge in [0.15, 0.2) is 5.96 Å². The largest absolute Gasteiger partial charge is 0.382 e. The molecule has 0 aliphatic carbocycles. The van der Waals surface area contributed by atoms with Crippen LogP contribution in [0.3, 0.4) is 0 Å². The molecule has 1 saturated heterocycles. The van der Waals surface area contributed by atoms with Crippen LogP contribution in [0.5, 0.6) is 0 Å². The second-order valence-electron chi connectivity index (χ2n) is 6.90. The summed E-state index contributed by atoms with van der Waals surface area (Å²) in [6, 6.07) is 11.1. The van der Waals surface area contributed by atoms with Crippen molar-refractivity contribution in [2.75, 3.05) is 63.9 Å². The Hall–Kier alpha value is -1.06. The molecule has 1 aliphatic heterocycles. The van der Waals surface area contributed by atoms with Gasteiger partial charge in [0.2, 0.25) is 0 Å². The van der Waals surface area contributed by atoms with E-state index < -0.39 is 0 Å². The van der Waals surface area contributed by atoms with Crippen LogP contribution in [-0.4, -0.2) is 75.9 Å². The summed E-state index contributed by atoms with van der Waals surface area (Å²) in [4.78, 5) is 9.79. The van der Waals surface area contributed by atoms with Crippen LogP contribution in [0, 0.1) is 0 Å². The molecular weight excluding hydrogens is 465 g/mol. The summed E-state index contributed by atoms with van der Waals surface area (Å²) in [6.07, 6.45) is 0.995. The van der Waals surface area contributed by atoms with Crippen molar-refractivity contribution in [3.63, 3.8) is 0 Å². The molecule has 1 aromatic rings. The van der Waals surface area contributed by atoms with Crippen molar-refractivity contribution in [3.8, 4) is 0 Å². The maximum Gasteiger partial charge on any atom is 0.191 e. The number of piperazine rings is 1. The highest BCUT2D eigenvalue weighted by Crippen LogP contribution is 2.16. The minimum atomic E-state index is 0. The number of nitrogens with one attached hydrogen (secondary N) is 2. The number of guanidine groups is 1. The van der Waals surface area contributed by atoms with Gasteiger partial charge in [-0.15, -0.1) is 24.0 Å². The zero-order valence-corrected chi connectivity index (χ0v) is 20.0. The van der Waals surface area contributed by atoms with Crippen LogP contribution in [0.25, 0.3) is 0 Å². The molecule has 28 heavy (non-hydrogen) atoms. The fourth-order valence-corrected chi connectivity index (χ4v) is 3.27. The smallest absolute Gasteiger partial charge is 0.191 e. The van der Waals surface area contributed by atoms with E-state index in [1.807, 2.05) is 6.92 Å². The number of rotatable bonds is 10. The number of anilines is 1. The van der Waals surface area contributed by atoms with Crippen LogP contribution >= 0.6 is 24.0 Å². The molecule has 0 aromatic heterocycles. The van der Waals surface area contributed by atoms with Crippen LogP contribution in [0.15, 0.2) is 35.3 Å². The summed E-state index contributed by atoms with van der Waals surface area (Å²) in [6.45, 7) is 14.9. The van der Waals surface area contributed by atoms with Crippen LogP contribution < -0.4 is 15.5 Å². The van der Waals surface area contributed by atoms with E-state index in [-0.39, 0.29) is 24.0 Å². The van der Waals surface area contributed by atoms with Crippen molar-refractivity contribution in [1.29, 1.82) is 0 Å². The summed E-state index contributed by atoms with van der Waals surface area (Å²) >= 11 is 0. The molecule has 1 fully saturated rings. The predicted molar refractivity (Wildman–Crippen MR) is 130 cm³/mol. The van der Waals surface area contributed by atoms with Gasteiger partial charge in [-0.2, -0.15) is 0 Å². The van der Waals surface area contributed by atoms with Crippen LogP contribution in [0.1, 0.15) is 27.2 Å². The van der Waals surface area contributed by atoms with E-state index in [0.29, 0.717) is 6.04 Å². The number of aliphatic imine (C=N–C) groups is 1. The Morgan fingerprint density at radius 3 is 2.46 bits per heavy atom. The first-order valence-electron chi connectivity index (χ1n) is 10.4. The minimum Gasteiger partial charge on any atom is -0.382 e. The third-order valence-electron chi connectivity index (χ3n) is 4.88. The Labute approximate surface area is 188 Å². The molecule has 1 aliphatic rings. The first-order chi connectivity index (χ1) is 13.2. The summed E-state index contributed by atoms with van der Waals surface area (Å²) in [7, 11) is 0. The van der Waals surface area contributed by atoms with Gasteiger partial charge in [-0.1, -0.05) is 18.2 Å². The average Bonchev–Trinajstić information content (AvgIpc) is 2.72. The highest BCUT2D eigenvalue weighted by molar-refractivity contribution is 14.0. The Kier molecular flexibility index (Phi) is 13.3. The monoisotopic (exact) mass is 503 g/mol. The van der Waals surface area contributed by atoms with Gasteiger partial charge in [0.05, 0.1) is 6.54 Å². The lowest BCUT2D eigenvalue weighted by Crippen LogP contribution is -2.50. The molecular formula is C21H38IN5O. The van der Waals surface area contributed by atoms with E-state index in [0.717, 1.165) is 71.4 Å². The lowest BCUT2D eigenvalue weighted by Gasteiger charge is -2.38. The van der Waals surface area contributed by atoms with Gasteiger partial charge in [0, 0.05) is 64.2 Å². The molecule has 1 unspecified atom stereocenters. The Morgan fingerprint density at radius 2 is 1.82 bits per heavy atom. The van der Waals surface area contributed by atoms with Crippen molar-refractivity contribution < 1.29 is 4.74 Å². The topological polar surface area (TPSA) is 52.1 Å². The van der Waals surface area contributed by atoms with Gasteiger partial charge < -0.3 is 20.3 Å². The summed E-state index contributed by atoms with van der Waals surface area (Å²) in [5.74, 6) is 0.906. The second kappa shape index (κ2) is 14.9. The van der Waals surface area contributed by atoms with Crippen LogP contribution in [0.4, 0.5) is 5.69 Å². The Balaban J connectivity index is 0.00000392. The van der Waals surface area contributed by atoms with Crippen molar-refractivity contribution in [3.05, 3.63) is 30.3 Å². The molecule has 160 valence electrons. The molecule has 1 heterocycles. The second-order valence-corrected chi connectivity index (χ2v) is 6.90. The van der Waals surface area contributed by atoms with Crippen molar-refractivity contribution in [1.82, 2.24) is 15.5 Å². The van der Waals surface area contributed by atoms with Crippen molar-refractivity contribution in [2.45, 2.75) is 33.2 Å². The molecule has 0 radical (unpaired) electrons. The number of hydrogen-bond donors (Lipinski definition) is 2. The lowest BCUT2D eigenvalue weighted by atomic mass is 10.2. The SMILES string of the molecule is CCNC(=NCC(C)N1CCN(c2ccccc2)CC1)NCCCOCC.I. The number of benzene rings is 1. The van der Waals surface area contributed by atoms with E-state index in [9.17, 15) is 0 Å². The zero-order valence-electron chi connectivity index (χ0n) is 17.7. The van der Waals surface area contributed by atoms with Gasteiger partial charge in [-0.3, -0.25) is 9.89 Å². The highest BCUT2D eigenvalue weighted by atomic mass is 127. The maximum absolute atomic E-state index is 5.38. The maximum atomic E-state index is 5.38. The molecule has 1 aromatic carbocycles. The average molecular weight is 503 g/mol. The van der Waals surface area contributed by atoms with E-state index in [1.165, 1.54) is 5.69 Å². The molecule has 6 nitrogen and oxygen atoms in total. The number of ether oxygens (including phenoxy) is 1. The Morgan fingerprint density at radius 1 is 1.11 bits per heavy atom. The summed E-state index contributed by atoms with van der Waals surface area (Å²) in [5, 5.41) is 6.73. The molecule has 1 atom stereocenters. The van der Waals surface area contributed by atoms with Crippen molar-refractivity contribution in [2.24, 2.45) is 4.99 Å². The summed E-state index contributed by atoms with van der Waals surface area (Å²) in [5.41, 5.74) is 1.33. The van der Waals surface area contributed by atoms with E-state index >= 15 is 0 Å². The number of halogens is 1. The Bertz CT molecular complexity index is 535. The zero-order chi connectivity index (χ0) is 19.3.